The van der Waals surface area contributed by atoms with E-state index in [0.29, 0.717) is 5.13 Å². The largest absolute Gasteiger partial charge is 0.460 e. The van der Waals surface area contributed by atoms with Crippen LogP contribution in [0.3, 0.4) is 0 Å². The summed E-state index contributed by atoms with van der Waals surface area (Å²) in [7, 11) is -4.10. The first-order valence-corrected chi connectivity index (χ1v) is 6.39. The van der Waals surface area contributed by atoms with Gasteiger partial charge in [0.1, 0.15) is 13.0 Å². The van der Waals surface area contributed by atoms with Crippen LogP contribution in [0.1, 0.15) is 0 Å². The van der Waals surface area contributed by atoms with Gasteiger partial charge in [-0.1, -0.05) is 0 Å². The van der Waals surface area contributed by atoms with Gasteiger partial charge in [0.15, 0.2) is 0 Å². The van der Waals surface area contributed by atoms with Crippen LogP contribution >= 0.6 is 19.1 Å². The first-order chi connectivity index (χ1) is 6.97. The van der Waals surface area contributed by atoms with E-state index in [9.17, 15) is 4.57 Å². The molecule has 0 atom stereocenters. The zero-order valence-electron chi connectivity index (χ0n) is 7.57. The molecule has 1 heterocycles. The van der Waals surface area contributed by atoms with E-state index in [1.165, 1.54) is 0 Å². The van der Waals surface area contributed by atoms with E-state index >= 15 is 0 Å². The second-order valence-corrected chi connectivity index (χ2v) is 4.84. The molecular formula is C5H10N3O5PS. The van der Waals surface area contributed by atoms with Crippen LogP contribution in [-0.4, -0.2) is 38.7 Å². The molecule has 0 amide bonds. The molecule has 8 nitrogen and oxygen atoms in total. The molecule has 0 radical (unpaired) electrons. The van der Waals surface area contributed by atoms with Crippen LogP contribution in [0.25, 0.3) is 0 Å². The van der Waals surface area contributed by atoms with Crippen LogP contribution in [-0.2, 0) is 9.30 Å². The average molecular weight is 255 g/mol. The Morgan fingerprint density at radius 2 is 2.20 bits per heavy atom. The summed E-state index contributed by atoms with van der Waals surface area (Å²) in [6.45, 7) is 0.153. The average Bonchev–Trinajstić information content (AvgIpc) is 2.49. The van der Waals surface area contributed by atoms with Crippen LogP contribution < -0.4 is 10.5 Å². The summed E-state index contributed by atoms with van der Waals surface area (Å²) in [6.07, 6.45) is -0.622. The van der Waals surface area contributed by atoms with E-state index in [2.05, 4.69) is 14.1 Å². The van der Waals surface area contributed by atoms with E-state index < -0.39 is 13.9 Å². The number of nitrogen functional groups attached to an aromatic ring is 1. The number of nitrogens with zero attached hydrogens (tertiary/aromatic N) is 2. The van der Waals surface area contributed by atoms with Crippen molar-refractivity contribution in [1.82, 2.24) is 9.36 Å². The van der Waals surface area contributed by atoms with Crippen LogP contribution in [0.2, 0.25) is 0 Å². The highest BCUT2D eigenvalue weighted by molar-refractivity contribution is 7.51. The Balaban J connectivity index is 2.10. The summed E-state index contributed by atoms with van der Waals surface area (Å²) in [6, 6.07) is 0.136. The summed E-state index contributed by atoms with van der Waals surface area (Å²) in [5.41, 5.74) is 5.30. The fourth-order valence-electron chi connectivity index (χ4n) is 0.655. The van der Waals surface area contributed by atoms with Crippen LogP contribution in [0.5, 0.6) is 6.01 Å². The number of rotatable bonds is 6. The maximum absolute atomic E-state index is 10.4. The molecule has 0 aliphatic rings. The summed E-state index contributed by atoms with van der Waals surface area (Å²) < 4.78 is 23.7. The molecule has 0 aliphatic carbocycles. The van der Waals surface area contributed by atoms with Crippen molar-refractivity contribution in [2.24, 2.45) is 0 Å². The monoisotopic (exact) mass is 255 g/mol. The highest BCUT2D eigenvalue weighted by Crippen LogP contribution is 2.33. The van der Waals surface area contributed by atoms with Gasteiger partial charge >= 0.3 is 13.6 Å². The van der Waals surface area contributed by atoms with Crippen molar-refractivity contribution in [3.05, 3.63) is 0 Å². The standard InChI is InChI=1S/C5H10N3O5PS/c6-4-7-5(8-15-4)13-2-1-12-3-14(9,10)11/h1-3H2,(H2,6,7,8)(H2,9,10,11). The smallest absolute Gasteiger partial charge is 0.350 e. The maximum Gasteiger partial charge on any atom is 0.350 e. The number of aromatic nitrogens is 2. The molecule has 10 heteroatoms. The van der Waals surface area contributed by atoms with E-state index in [-0.39, 0.29) is 19.2 Å². The Morgan fingerprint density at radius 1 is 1.47 bits per heavy atom. The summed E-state index contributed by atoms with van der Waals surface area (Å²) in [5, 5.41) is 0.293. The van der Waals surface area contributed by atoms with Gasteiger partial charge in [0.25, 0.3) is 0 Å². The molecule has 0 aliphatic heterocycles. The minimum absolute atomic E-state index is 0.0459. The molecule has 0 aromatic carbocycles. The van der Waals surface area contributed by atoms with E-state index in [0.717, 1.165) is 11.5 Å². The molecule has 1 rings (SSSR count). The fraction of sp³-hybridized carbons (Fsp3) is 0.600. The lowest BCUT2D eigenvalue weighted by molar-refractivity contribution is 0.116. The third-order valence-electron chi connectivity index (χ3n) is 1.14. The van der Waals surface area contributed by atoms with Gasteiger partial charge in [0.2, 0.25) is 5.13 Å². The Labute approximate surface area is 89.4 Å². The second kappa shape index (κ2) is 5.38. The van der Waals surface area contributed by atoms with Crippen LogP contribution in [0.15, 0.2) is 0 Å². The molecule has 0 saturated heterocycles. The molecule has 1 aromatic rings. The third kappa shape index (κ3) is 5.65. The van der Waals surface area contributed by atoms with Gasteiger partial charge in [-0.05, 0) is 0 Å². The van der Waals surface area contributed by atoms with Crippen molar-refractivity contribution in [3.63, 3.8) is 0 Å². The molecule has 1 aromatic heterocycles. The Bertz CT molecular complexity index is 352. The molecule has 0 unspecified atom stereocenters. The van der Waals surface area contributed by atoms with Gasteiger partial charge < -0.3 is 25.0 Å². The predicted molar refractivity (Wildman–Crippen MR) is 52.7 cm³/mol. The minimum atomic E-state index is -4.10. The van der Waals surface area contributed by atoms with E-state index in [1.807, 2.05) is 0 Å². The third-order valence-corrected chi connectivity index (χ3v) is 2.19. The molecule has 15 heavy (non-hydrogen) atoms. The number of hydrogen-bond donors (Lipinski definition) is 3. The lowest BCUT2D eigenvalue weighted by Crippen LogP contribution is -2.08. The molecule has 4 N–H and O–H groups in total. The van der Waals surface area contributed by atoms with E-state index in [4.69, 9.17) is 20.3 Å². The lowest BCUT2D eigenvalue weighted by atomic mass is 10.8. The topological polar surface area (TPSA) is 128 Å². The zero-order chi connectivity index (χ0) is 11.3. The van der Waals surface area contributed by atoms with Gasteiger partial charge in [-0.3, -0.25) is 4.57 Å². The molecule has 0 spiro atoms. The summed E-state index contributed by atoms with van der Waals surface area (Å²) in [4.78, 5) is 20.6. The number of nitrogens with two attached hydrogens (primary N) is 1. The van der Waals surface area contributed by atoms with Gasteiger partial charge in [0.05, 0.1) is 6.61 Å². The molecule has 0 fully saturated rings. The maximum atomic E-state index is 10.4. The normalized spacial score (nSPS) is 11.6. The van der Waals surface area contributed by atoms with Crippen LogP contribution in [0.4, 0.5) is 5.13 Å². The molecule has 0 bridgehead atoms. The van der Waals surface area contributed by atoms with Gasteiger partial charge in [-0.15, -0.1) is 4.37 Å². The van der Waals surface area contributed by atoms with Crippen molar-refractivity contribution in [2.75, 3.05) is 25.3 Å². The van der Waals surface area contributed by atoms with Crippen LogP contribution in [0, 0.1) is 0 Å². The SMILES string of the molecule is Nc1nc(OCCOCP(=O)(O)O)ns1. The predicted octanol–water partition coefficient (Wildman–Crippen LogP) is -0.349. The van der Waals surface area contributed by atoms with Crippen molar-refractivity contribution in [1.29, 1.82) is 0 Å². The summed E-state index contributed by atoms with van der Waals surface area (Å²) >= 11 is 0.999. The Kier molecular flexibility index (Phi) is 4.43. The van der Waals surface area contributed by atoms with Gasteiger partial charge in [-0.25, -0.2) is 0 Å². The lowest BCUT2D eigenvalue weighted by Gasteiger charge is -2.05. The number of ether oxygens (including phenoxy) is 2. The highest BCUT2D eigenvalue weighted by Gasteiger charge is 2.12. The highest BCUT2D eigenvalue weighted by atomic mass is 32.1. The first kappa shape index (κ1) is 12.3. The quantitative estimate of drug-likeness (QED) is 0.465. The molecular weight excluding hydrogens is 245 g/mol. The fourth-order valence-corrected chi connectivity index (χ4v) is 1.41. The molecule has 0 saturated carbocycles. The molecule has 86 valence electrons. The Morgan fingerprint density at radius 3 is 2.73 bits per heavy atom. The second-order valence-electron chi connectivity index (χ2n) is 2.47. The zero-order valence-corrected chi connectivity index (χ0v) is 9.28. The first-order valence-electron chi connectivity index (χ1n) is 3.82. The minimum Gasteiger partial charge on any atom is -0.460 e. The van der Waals surface area contributed by atoms with Crippen molar-refractivity contribution in [2.45, 2.75) is 0 Å². The van der Waals surface area contributed by atoms with Crippen molar-refractivity contribution < 1.29 is 23.8 Å². The Hall–Kier alpha value is -0.730. The van der Waals surface area contributed by atoms with Crippen molar-refractivity contribution >= 4 is 24.3 Å². The number of anilines is 1. The van der Waals surface area contributed by atoms with E-state index in [1.54, 1.807) is 0 Å². The van der Waals surface area contributed by atoms with Gasteiger partial charge in [-0.2, -0.15) is 4.98 Å². The van der Waals surface area contributed by atoms with Gasteiger partial charge in [0, 0.05) is 11.5 Å². The van der Waals surface area contributed by atoms with Crippen molar-refractivity contribution in [3.8, 4) is 6.01 Å². The summed E-state index contributed by atoms with van der Waals surface area (Å²) in [5.74, 6) is 0. The number of hydrogen-bond acceptors (Lipinski definition) is 7.